The Morgan fingerprint density at radius 3 is 2.40 bits per heavy atom. The first-order chi connectivity index (χ1) is 19.2. The minimum Gasteiger partial charge on any atom is -0.496 e. The number of amides is 1. The average Bonchev–Trinajstić information content (AvgIpc) is 3.31. The van der Waals surface area contributed by atoms with Crippen molar-refractivity contribution in [3.63, 3.8) is 0 Å². The molecule has 0 spiro atoms. The van der Waals surface area contributed by atoms with Gasteiger partial charge in [0.05, 0.1) is 16.8 Å². The number of ether oxygens (including phenoxy) is 1. The summed E-state index contributed by atoms with van der Waals surface area (Å²) < 4.78 is 21.0. The highest BCUT2D eigenvalue weighted by Crippen LogP contribution is 2.41. The van der Waals surface area contributed by atoms with Gasteiger partial charge < -0.3 is 15.0 Å². The number of benzene rings is 2. The van der Waals surface area contributed by atoms with Gasteiger partial charge in [0, 0.05) is 41.0 Å². The van der Waals surface area contributed by atoms with E-state index in [1.165, 1.54) is 6.07 Å². The highest BCUT2D eigenvalue weighted by Gasteiger charge is 2.32. The highest BCUT2D eigenvalue weighted by molar-refractivity contribution is 7.21. The van der Waals surface area contributed by atoms with Crippen molar-refractivity contribution < 1.29 is 13.9 Å². The standard InChI is InChI=1S/C32H35ClFN3O2S/c1-18-6-12-26(34)30-28(18)29(33)31(40-30)32(38)37(25-10-8-24(35-4)9-11-25)17-23-16-21(7-13-27(23)39-5)22-14-19(2)36-20(3)15-22/h6-7,12-16,24-25,35H,8-11,17H2,1-5H3. The van der Waals surface area contributed by atoms with Gasteiger partial charge in [-0.25, -0.2) is 4.39 Å². The maximum Gasteiger partial charge on any atom is 0.266 e. The Labute approximate surface area is 244 Å². The number of fused-ring (bicyclic) bond motifs is 1. The Morgan fingerprint density at radius 2 is 1.77 bits per heavy atom. The third-order valence-corrected chi connectivity index (χ3v) is 9.65. The minimum absolute atomic E-state index is 0.0306. The maximum absolute atomic E-state index is 14.8. The summed E-state index contributed by atoms with van der Waals surface area (Å²) in [6, 6.07) is 13.8. The molecular weight excluding hydrogens is 545 g/mol. The molecule has 4 aromatic rings. The van der Waals surface area contributed by atoms with Crippen molar-refractivity contribution in [3.8, 4) is 16.9 Å². The molecule has 8 heteroatoms. The first-order valence-corrected chi connectivity index (χ1v) is 14.9. The fourth-order valence-corrected chi connectivity index (χ4v) is 7.49. The van der Waals surface area contributed by atoms with Gasteiger partial charge in [-0.2, -0.15) is 0 Å². The van der Waals surface area contributed by atoms with E-state index in [1.807, 2.05) is 44.9 Å². The molecule has 5 nitrogen and oxygen atoms in total. The van der Waals surface area contributed by atoms with Crippen LogP contribution in [0, 0.1) is 26.6 Å². The molecule has 1 saturated carbocycles. The van der Waals surface area contributed by atoms with Gasteiger partial charge in [0.25, 0.3) is 5.91 Å². The second-order valence-electron chi connectivity index (χ2n) is 10.7. The molecule has 2 aromatic heterocycles. The van der Waals surface area contributed by atoms with Crippen LogP contribution in [-0.4, -0.2) is 42.0 Å². The largest absolute Gasteiger partial charge is 0.496 e. The summed E-state index contributed by atoms with van der Waals surface area (Å²) in [6.45, 7) is 6.23. The van der Waals surface area contributed by atoms with Crippen LogP contribution in [0.25, 0.3) is 21.2 Å². The van der Waals surface area contributed by atoms with E-state index in [4.69, 9.17) is 16.3 Å². The van der Waals surface area contributed by atoms with Crippen LogP contribution in [0.1, 0.15) is 57.9 Å². The summed E-state index contributed by atoms with van der Waals surface area (Å²) in [5, 5.41) is 4.33. The number of hydrogen-bond acceptors (Lipinski definition) is 5. The average molecular weight is 580 g/mol. The predicted octanol–water partition coefficient (Wildman–Crippen LogP) is 7.86. The molecule has 210 valence electrons. The zero-order valence-corrected chi connectivity index (χ0v) is 25.2. The van der Waals surface area contributed by atoms with E-state index in [-0.39, 0.29) is 17.8 Å². The number of hydrogen-bond donors (Lipinski definition) is 1. The quantitative estimate of drug-likeness (QED) is 0.242. The molecule has 1 N–H and O–H groups in total. The van der Waals surface area contributed by atoms with Crippen LogP contribution in [0.3, 0.4) is 0 Å². The fraction of sp³-hybridized carbons (Fsp3) is 0.375. The maximum atomic E-state index is 14.8. The summed E-state index contributed by atoms with van der Waals surface area (Å²) in [5.41, 5.74) is 5.78. The van der Waals surface area contributed by atoms with Crippen LogP contribution in [-0.2, 0) is 6.54 Å². The van der Waals surface area contributed by atoms with Crippen LogP contribution in [0.5, 0.6) is 5.75 Å². The van der Waals surface area contributed by atoms with Crippen molar-refractivity contribution in [2.45, 2.75) is 65.1 Å². The molecule has 1 fully saturated rings. The Balaban J connectivity index is 1.57. The summed E-state index contributed by atoms with van der Waals surface area (Å²) in [5.74, 6) is 0.197. The lowest BCUT2D eigenvalue weighted by molar-refractivity contribution is 0.0604. The Kier molecular flexibility index (Phi) is 8.45. The van der Waals surface area contributed by atoms with Gasteiger partial charge in [-0.1, -0.05) is 23.7 Å². The molecule has 5 rings (SSSR count). The van der Waals surface area contributed by atoms with Crippen molar-refractivity contribution >= 4 is 38.9 Å². The minimum atomic E-state index is -0.357. The number of carbonyl (C=O) groups excluding carboxylic acids is 1. The van der Waals surface area contributed by atoms with Crippen LogP contribution < -0.4 is 10.1 Å². The molecule has 1 aliphatic carbocycles. The molecule has 0 aliphatic heterocycles. The van der Waals surface area contributed by atoms with Gasteiger partial charge >= 0.3 is 0 Å². The van der Waals surface area contributed by atoms with E-state index in [2.05, 4.69) is 28.5 Å². The van der Waals surface area contributed by atoms with Crippen molar-refractivity contribution in [1.29, 1.82) is 0 Å². The number of carbonyl (C=O) groups is 1. The van der Waals surface area contributed by atoms with Gasteiger partial charge in [0.2, 0.25) is 0 Å². The van der Waals surface area contributed by atoms with E-state index in [0.717, 1.165) is 76.4 Å². The van der Waals surface area contributed by atoms with Gasteiger partial charge in [-0.15, -0.1) is 11.3 Å². The van der Waals surface area contributed by atoms with E-state index < -0.39 is 0 Å². The molecular formula is C32H35ClFN3O2S. The summed E-state index contributed by atoms with van der Waals surface area (Å²) in [6.07, 6.45) is 3.70. The number of aromatic nitrogens is 1. The number of pyridine rings is 1. The highest BCUT2D eigenvalue weighted by atomic mass is 35.5. The third kappa shape index (κ3) is 5.60. The number of nitrogens with zero attached hydrogens (tertiary/aromatic N) is 2. The molecule has 0 unspecified atom stereocenters. The Bertz CT molecular complexity index is 1540. The van der Waals surface area contributed by atoms with Crippen LogP contribution in [0.4, 0.5) is 4.39 Å². The third-order valence-electron chi connectivity index (χ3n) is 7.98. The smallest absolute Gasteiger partial charge is 0.266 e. The summed E-state index contributed by atoms with van der Waals surface area (Å²) in [4.78, 5) is 21.2. The zero-order chi connectivity index (χ0) is 28.6. The second kappa shape index (κ2) is 11.9. The van der Waals surface area contributed by atoms with Crippen molar-refractivity contribution in [2.24, 2.45) is 0 Å². The number of nitrogens with one attached hydrogen (secondary N) is 1. The first-order valence-electron chi connectivity index (χ1n) is 13.7. The monoisotopic (exact) mass is 579 g/mol. The first kappa shape index (κ1) is 28.5. The molecule has 2 aromatic carbocycles. The van der Waals surface area contributed by atoms with Crippen LogP contribution in [0.2, 0.25) is 5.02 Å². The normalized spacial score (nSPS) is 17.3. The number of halogens is 2. The lowest BCUT2D eigenvalue weighted by Gasteiger charge is -2.37. The molecule has 1 aliphatic rings. The molecule has 2 heterocycles. The Morgan fingerprint density at radius 1 is 1.07 bits per heavy atom. The summed E-state index contributed by atoms with van der Waals surface area (Å²) in [7, 11) is 3.64. The van der Waals surface area contributed by atoms with Gasteiger partial charge in [-0.05, 0) is 101 Å². The molecule has 1 amide bonds. The molecule has 40 heavy (non-hydrogen) atoms. The van der Waals surface area contributed by atoms with Crippen LogP contribution >= 0.6 is 22.9 Å². The number of aryl methyl sites for hydroxylation is 3. The topological polar surface area (TPSA) is 54.5 Å². The van der Waals surface area contributed by atoms with E-state index in [9.17, 15) is 9.18 Å². The number of thiophene rings is 1. The van der Waals surface area contributed by atoms with Gasteiger partial charge in [0.15, 0.2) is 0 Å². The van der Waals surface area contributed by atoms with Crippen molar-refractivity contribution in [3.05, 3.63) is 80.7 Å². The predicted molar refractivity (Wildman–Crippen MR) is 162 cm³/mol. The van der Waals surface area contributed by atoms with Gasteiger partial charge in [-0.3, -0.25) is 9.78 Å². The fourth-order valence-electron chi connectivity index (χ4n) is 5.87. The SMILES string of the molecule is CNC1CCC(N(Cc2cc(-c3cc(C)nc(C)c3)ccc2OC)C(=O)c2sc3c(F)ccc(C)c3c2Cl)CC1. The zero-order valence-electron chi connectivity index (χ0n) is 23.6. The molecule has 0 bridgehead atoms. The lowest BCUT2D eigenvalue weighted by Crippen LogP contribution is -2.44. The summed E-state index contributed by atoms with van der Waals surface area (Å²) >= 11 is 7.96. The van der Waals surface area contributed by atoms with E-state index >= 15 is 0 Å². The molecule has 0 saturated heterocycles. The van der Waals surface area contributed by atoms with E-state index in [0.29, 0.717) is 32.6 Å². The second-order valence-corrected chi connectivity index (χ2v) is 12.1. The lowest BCUT2D eigenvalue weighted by atomic mass is 9.89. The number of rotatable bonds is 7. The molecule has 0 radical (unpaired) electrons. The van der Waals surface area contributed by atoms with Crippen molar-refractivity contribution in [2.75, 3.05) is 14.2 Å². The molecule has 0 atom stereocenters. The van der Waals surface area contributed by atoms with Crippen molar-refractivity contribution in [1.82, 2.24) is 15.2 Å². The number of methoxy groups -OCH3 is 1. The van der Waals surface area contributed by atoms with Crippen LogP contribution in [0.15, 0.2) is 42.5 Å². The van der Waals surface area contributed by atoms with E-state index in [1.54, 1.807) is 13.2 Å². The Hall–Kier alpha value is -3.00. The van der Waals surface area contributed by atoms with Gasteiger partial charge in [0.1, 0.15) is 16.4 Å².